The number of thiazole rings is 1. The van der Waals surface area contributed by atoms with Gasteiger partial charge in [0.15, 0.2) is 11.2 Å². The van der Waals surface area contributed by atoms with E-state index in [4.69, 9.17) is 10.5 Å². The molecule has 232 valence electrons. The summed E-state index contributed by atoms with van der Waals surface area (Å²) in [6.45, 7) is 0.118. The van der Waals surface area contributed by atoms with Gasteiger partial charge in [-0.2, -0.15) is 0 Å². The quantitative estimate of drug-likeness (QED) is 0.107. The van der Waals surface area contributed by atoms with Crippen LogP contribution in [-0.4, -0.2) is 77.3 Å². The molecule has 2 aromatic carbocycles. The number of thioether (sulfide) groups is 2. The molecule has 6 rings (SSSR count). The molecule has 2 amide bonds. The number of nitrogens with one attached hydrogen (secondary N) is 1. The topological polar surface area (TPSA) is 158 Å². The lowest BCUT2D eigenvalue weighted by molar-refractivity contribution is -0.164. The predicted molar refractivity (Wildman–Crippen MR) is 176 cm³/mol. The van der Waals surface area contributed by atoms with Crippen LogP contribution in [0, 0.1) is 5.41 Å². The van der Waals surface area contributed by atoms with Gasteiger partial charge in [0.1, 0.15) is 16.8 Å². The number of esters is 1. The third-order valence-corrected chi connectivity index (χ3v) is 11.5. The van der Waals surface area contributed by atoms with E-state index < -0.39 is 29.4 Å². The molecule has 0 aliphatic carbocycles. The van der Waals surface area contributed by atoms with E-state index in [0.29, 0.717) is 21.7 Å². The Balaban J connectivity index is 1.23. The van der Waals surface area contributed by atoms with Crippen molar-refractivity contribution in [3.8, 4) is 0 Å². The van der Waals surface area contributed by atoms with Gasteiger partial charge in [-0.3, -0.25) is 14.4 Å². The maximum atomic E-state index is 14.3. The summed E-state index contributed by atoms with van der Waals surface area (Å²) in [6, 6.07) is 18.4. The number of tetrazole rings is 1. The molecule has 16 heteroatoms. The van der Waals surface area contributed by atoms with Crippen LogP contribution in [0.15, 0.2) is 76.2 Å². The molecular weight excluding hydrogens is 700 g/mol. The van der Waals surface area contributed by atoms with Crippen molar-refractivity contribution in [1.82, 2.24) is 35.4 Å². The molecule has 0 radical (unpaired) electrons. The monoisotopic (exact) mass is 726 g/mol. The third-order valence-electron chi connectivity index (χ3n) is 7.50. The SMILES string of the molecule is Cn1nnnc1SCC1(C(=O)OC(c2ccccc2)c2ccccc2)CS[C@@H]2C(NC(=O)C(=CBr)c3csc(N)n3)C(=O)N2C1. The summed E-state index contributed by atoms with van der Waals surface area (Å²) < 4.78 is 7.87. The molecule has 3 N–H and O–H groups in total. The minimum Gasteiger partial charge on any atom is -0.452 e. The molecule has 2 aliphatic heterocycles. The van der Waals surface area contributed by atoms with Crippen molar-refractivity contribution in [3.63, 3.8) is 0 Å². The number of nitrogens with two attached hydrogens (primary N) is 1. The lowest BCUT2D eigenvalue weighted by atomic mass is 9.88. The number of fused-ring (bicyclic) bond motifs is 1. The number of rotatable bonds is 10. The highest BCUT2D eigenvalue weighted by Gasteiger charge is 2.58. The molecule has 2 fully saturated rings. The number of benzene rings is 2. The Labute approximate surface area is 279 Å². The summed E-state index contributed by atoms with van der Waals surface area (Å²) in [6.07, 6.45) is -0.644. The second-order valence-electron chi connectivity index (χ2n) is 10.5. The second-order valence-corrected chi connectivity index (χ2v) is 13.9. The Morgan fingerprint density at radius 3 is 2.47 bits per heavy atom. The number of carbonyl (C=O) groups is 3. The fourth-order valence-electron chi connectivity index (χ4n) is 5.11. The average molecular weight is 728 g/mol. The lowest BCUT2D eigenvalue weighted by Crippen LogP contribution is -2.74. The zero-order valence-electron chi connectivity index (χ0n) is 23.8. The van der Waals surface area contributed by atoms with Crippen LogP contribution < -0.4 is 11.1 Å². The van der Waals surface area contributed by atoms with Gasteiger partial charge in [-0.1, -0.05) is 88.4 Å². The van der Waals surface area contributed by atoms with E-state index in [1.807, 2.05) is 60.7 Å². The molecule has 0 spiro atoms. The maximum Gasteiger partial charge on any atom is 0.316 e. The van der Waals surface area contributed by atoms with Crippen LogP contribution in [0.5, 0.6) is 0 Å². The number of aromatic nitrogens is 5. The van der Waals surface area contributed by atoms with Gasteiger partial charge in [0, 0.05) is 30.5 Å². The largest absolute Gasteiger partial charge is 0.452 e. The highest BCUT2D eigenvalue weighted by atomic mass is 79.9. The Hall–Kier alpha value is -3.73. The minimum absolute atomic E-state index is 0.118. The van der Waals surface area contributed by atoms with E-state index in [9.17, 15) is 14.4 Å². The maximum absolute atomic E-state index is 14.3. The van der Waals surface area contributed by atoms with E-state index in [2.05, 4.69) is 41.8 Å². The number of halogens is 1. The number of carbonyl (C=O) groups excluding carboxylic acids is 3. The summed E-state index contributed by atoms with van der Waals surface area (Å²) >= 11 is 7.21. The van der Waals surface area contributed by atoms with E-state index in [1.54, 1.807) is 17.3 Å². The summed E-state index contributed by atoms with van der Waals surface area (Å²) in [5.41, 5.74) is 7.00. The third kappa shape index (κ3) is 6.36. The van der Waals surface area contributed by atoms with Crippen molar-refractivity contribution in [2.75, 3.05) is 23.8 Å². The van der Waals surface area contributed by atoms with Crippen LogP contribution in [0.4, 0.5) is 5.13 Å². The van der Waals surface area contributed by atoms with Gasteiger partial charge in [-0.25, -0.2) is 9.67 Å². The summed E-state index contributed by atoms with van der Waals surface area (Å²) in [7, 11) is 1.72. The highest BCUT2D eigenvalue weighted by Crippen LogP contribution is 2.46. The van der Waals surface area contributed by atoms with Gasteiger partial charge >= 0.3 is 5.97 Å². The average Bonchev–Trinajstić information content (AvgIpc) is 3.69. The Morgan fingerprint density at radius 2 is 1.89 bits per heavy atom. The molecule has 0 bridgehead atoms. The summed E-state index contributed by atoms with van der Waals surface area (Å²) in [4.78, 5) is 48.2. The Morgan fingerprint density at radius 1 is 1.20 bits per heavy atom. The van der Waals surface area contributed by atoms with Crippen LogP contribution in [0.1, 0.15) is 22.9 Å². The molecule has 4 aromatic rings. The molecular formula is C29H27BrN8O4S3. The van der Waals surface area contributed by atoms with Gasteiger partial charge in [-0.15, -0.1) is 28.2 Å². The summed E-state index contributed by atoms with van der Waals surface area (Å²) in [5.74, 6) is -0.535. The molecule has 4 heterocycles. The number of aryl methyl sites for hydroxylation is 1. The van der Waals surface area contributed by atoms with Crippen molar-refractivity contribution in [1.29, 1.82) is 0 Å². The minimum atomic E-state index is -1.08. The van der Waals surface area contributed by atoms with Crippen LogP contribution in [0.25, 0.3) is 5.57 Å². The number of nitrogens with zero attached hydrogens (tertiary/aromatic N) is 6. The van der Waals surface area contributed by atoms with Crippen molar-refractivity contribution in [2.45, 2.75) is 22.7 Å². The number of hydrogen-bond donors (Lipinski definition) is 2. The Kier molecular flexibility index (Phi) is 9.26. The van der Waals surface area contributed by atoms with Crippen LogP contribution in [0.3, 0.4) is 0 Å². The number of nitrogen functional groups attached to an aromatic ring is 1. The van der Waals surface area contributed by atoms with E-state index >= 15 is 0 Å². The normalized spacial score (nSPS) is 21.3. The number of ether oxygens (including phenoxy) is 1. The smallest absolute Gasteiger partial charge is 0.316 e. The van der Waals surface area contributed by atoms with Gasteiger partial charge in [0.25, 0.3) is 5.91 Å². The van der Waals surface area contributed by atoms with Crippen LogP contribution >= 0.6 is 50.8 Å². The number of anilines is 1. The molecule has 45 heavy (non-hydrogen) atoms. The van der Waals surface area contributed by atoms with Gasteiger partial charge in [0.05, 0.1) is 11.3 Å². The predicted octanol–water partition coefficient (Wildman–Crippen LogP) is 3.50. The lowest BCUT2D eigenvalue weighted by Gasteiger charge is -2.54. The first-order chi connectivity index (χ1) is 21.8. The van der Waals surface area contributed by atoms with Gasteiger partial charge in [0.2, 0.25) is 11.1 Å². The van der Waals surface area contributed by atoms with E-state index in [1.165, 1.54) is 44.5 Å². The molecule has 2 aliphatic rings. The molecule has 2 unspecified atom stereocenters. The summed E-state index contributed by atoms with van der Waals surface area (Å²) in [5, 5.41) is 16.7. The van der Waals surface area contributed by atoms with E-state index in [-0.39, 0.29) is 29.2 Å². The molecule has 2 aromatic heterocycles. The zero-order valence-corrected chi connectivity index (χ0v) is 27.8. The molecule has 12 nitrogen and oxygen atoms in total. The second kappa shape index (κ2) is 13.3. The zero-order chi connectivity index (χ0) is 31.6. The van der Waals surface area contributed by atoms with Crippen molar-refractivity contribution in [3.05, 3.63) is 87.8 Å². The van der Waals surface area contributed by atoms with Gasteiger partial charge < -0.3 is 20.7 Å². The molecule has 0 saturated carbocycles. The first-order valence-corrected chi connectivity index (χ1v) is 17.5. The number of amides is 2. The Bertz CT molecular complexity index is 1700. The fraction of sp³-hybridized carbons (Fsp3) is 0.276. The standard InChI is InChI=1S/C29H27BrN8O4S3/c1-37-28(34-35-36-37)45-16-29(26(41)42-22(17-8-4-2-5-9-17)18-10-6-3-7-11-18)14-38-24(40)21(25(38)44-15-29)33-23(39)19(12-30)20-13-43-27(31)32-20/h2-13,21-22,25H,14-16H2,1H3,(H2,31,32)(H,33,39)/t21?,25-,29?/m1/s1. The van der Waals surface area contributed by atoms with E-state index in [0.717, 1.165) is 11.1 Å². The first-order valence-electron chi connectivity index (χ1n) is 13.7. The van der Waals surface area contributed by atoms with Crippen molar-refractivity contribution < 1.29 is 19.1 Å². The number of hydrogen-bond acceptors (Lipinski definition) is 12. The molecule has 3 atom stereocenters. The first kappa shape index (κ1) is 31.3. The van der Waals surface area contributed by atoms with Crippen LogP contribution in [0.2, 0.25) is 0 Å². The molecule has 2 saturated heterocycles. The van der Waals surface area contributed by atoms with Crippen molar-refractivity contribution in [2.24, 2.45) is 12.5 Å². The fourth-order valence-corrected chi connectivity index (χ4v) is 8.82. The number of β-lactam (4-membered cyclic amide) rings is 1. The van der Waals surface area contributed by atoms with Crippen LogP contribution in [-0.2, 0) is 26.2 Å². The van der Waals surface area contributed by atoms with Crippen molar-refractivity contribution >= 4 is 79.3 Å². The highest BCUT2D eigenvalue weighted by molar-refractivity contribution is 9.11. The van der Waals surface area contributed by atoms with Gasteiger partial charge in [-0.05, 0) is 26.5 Å².